The molecule has 0 saturated heterocycles. The molecule has 1 aromatic rings. The predicted octanol–water partition coefficient (Wildman–Crippen LogP) is 3.32. The van der Waals surface area contributed by atoms with Gasteiger partial charge in [0, 0.05) is 5.02 Å². The summed E-state index contributed by atoms with van der Waals surface area (Å²) in [7, 11) is 0. The first-order valence-electron chi connectivity index (χ1n) is 3.49. The Hall–Kier alpha value is -0.450. The van der Waals surface area contributed by atoms with Crippen molar-refractivity contribution in [2.24, 2.45) is 5.73 Å². The molecule has 2 N–H and O–H groups in total. The first-order valence-corrected chi connectivity index (χ1v) is 3.87. The van der Waals surface area contributed by atoms with Gasteiger partial charge in [-0.25, -0.2) is 0 Å². The molecule has 0 aliphatic heterocycles. The summed E-state index contributed by atoms with van der Waals surface area (Å²) in [5.41, 5.74) is 4.97. The molecule has 1 rings (SSSR count). The molecule has 0 aromatic heterocycles. The summed E-state index contributed by atoms with van der Waals surface area (Å²) in [5, 5.41) is 0.387. The fourth-order valence-electron chi connectivity index (χ4n) is 0.859. The van der Waals surface area contributed by atoms with Gasteiger partial charge in [0.25, 0.3) is 0 Å². The average Bonchev–Trinajstić information content (AvgIpc) is 2.03. The molecule has 1 unspecified atom stereocenters. The van der Waals surface area contributed by atoms with Crippen molar-refractivity contribution < 1.29 is 13.2 Å². The second-order valence-electron chi connectivity index (χ2n) is 2.57. The summed E-state index contributed by atoms with van der Waals surface area (Å²) in [6, 6.07) is 3.34. The third-order valence-corrected chi connectivity index (χ3v) is 1.83. The zero-order valence-corrected chi connectivity index (χ0v) is 8.46. The Labute approximate surface area is 90.5 Å². The average molecular weight is 246 g/mol. The Morgan fingerprint density at radius 3 is 1.93 bits per heavy atom. The molecule has 6 heteroatoms. The highest BCUT2D eigenvalue weighted by molar-refractivity contribution is 6.30. The van der Waals surface area contributed by atoms with Gasteiger partial charge in [-0.15, -0.1) is 12.4 Å². The van der Waals surface area contributed by atoms with Crippen LogP contribution in [0.15, 0.2) is 24.3 Å². The van der Waals surface area contributed by atoms with Crippen molar-refractivity contribution in [2.75, 3.05) is 0 Å². The molecule has 0 spiro atoms. The van der Waals surface area contributed by atoms with Gasteiger partial charge in [-0.1, -0.05) is 23.7 Å². The third-order valence-electron chi connectivity index (χ3n) is 1.58. The van der Waals surface area contributed by atoms with Crippen molar-refractivity contribution >= 4 is 24.0 Å². The topological polar surface area (TPSA) is 26.0 Å². The van der Waals surface area contributed by atoms with Gasteiger partial charge in [-0.3, -0.25) is 0 Å². The Balaban J connectivity index is 0.00000169. The lowest BCUT2D eigenvalue weighted by atomic mass is 10.1. The monoisotopic (exact) mass is 245 g/mol. The van der Waals surface area contributed by atoms with E-state index in [0.29, 0.717) is 5.02 Å². The normalized spacial score (nSPS) is 13.2. The largest absolute Gasteiger partial charge is 0.407 e. The van der Waals surface area contributed by atoms with Gasteiger partial charge in [0.05, 0.1) is 0 Å². The fourth-order valence-corrected chi connectivity index (χ4v) is 0.985. The van der Waals surface area contributed by atoms with Gasteiger partial charge >= 0.3 is 6.18 Å². The number of alkyl halides is 3. The van der Waals surface area contributed by atoms with Crippen molar-refractivity contribution in [3.63, 3.8) is 0 Å². The first kappa shape index (κ1) is 13.5. The van der Waals surface area contributed by atoms with Crippen LogP contribution in [0, 0.1) is 0 Å². The van der Waals surface area contributed by atoms with E-state index in [4.69, 9.17) is 17.3 Å². The smallest absolute Gasteiger partial charge is 0.316 e. The van der Waals surface area contributed by atoms with E-state index in [1.54, 1.807) is 0 Å². The first-order chi connectivity index (χ1) is 5.91. The van der Waals surface area contributed by atoms with Crippen LogP contribution in [0.3, 0.4) is 0 Å². The number of hydrogen-bond donors (Lipinski definition) is 1. The van der Waals surface area contributed by atoms with E-state index in [9.17, 15) is 13.2 Å². The van der Waals surface area contributed by atoms with Crippen LogP contribution in [0.1, 0.15) is 11.6 Å². The van der Waals surface area contributed by atoms with Crippen LogP contribution in [-0.2, 0) is 0 Å². The van der Waals surface area contributed by atoms with E-state index in [1.807, 2.05) is 0 Å². The highest BCUT2D eigenvalue weighted by Gasteiger charge is 2.37. The van der Waals surface area contributed by atoms with Gasteiger partial charge < -0.3 is 5.73 Å². The van der Waals surface area contributed by atoms with Crippen LogP contribution in [0.4, 0.5) is 13.2 Å². The van der Waals surface area contributed by atoms with Gasteiger partial charge in [0.1, 0.15) is 6.04 Å². The Morgan fingerprint density at radius 1 is 1.14 bits per heavy atom. The quantitative estimate of drug-likeness (QED) is 0.808. The lowest BCUT2D eigenvalue weighted by molar-refractivity contribution is -0.149. The minimum absolute atomic E-state index is 0. The molecule has 0 saturated carbocycles. The van der Waals surface area contributed by atoms with Gasteiger partial charge in [0.15, 0.2) is 0 Å². The molecule has 1 aromatic carbocycles. The standard InChI is InChI=1S/C8H7ClF3N.ClH/c9-6-3-1-5(2-4-6)7(13)8(10,11)12;/h1-4,7H,13H2;1H. The van der Waals surface area contributed by atoms with Crippen molar-refractivity contribution in [2.45, 2.75) is 12.2 Å². The van der Waals surface area contributed by atoms with Crippen LogP contribution < -0.4 is 5.73 Å². The molecule has 0 amide bonds. The highest BCUT2D eigenvalue weighted by atomic mass is 35.5. The third kappa shape index (κ3) is 3.36. The Morgan fingerprint density at radius 2 is 1.57 bits per heavy atom. The van der Waals surface area contributed by atoms with Crippen molar-refractivity contribution in [3.8, 4) is 0 Å². The maximum absolute atomic E-state index is 12.1. The zero-order valence-electron chi connectivity index (χ0n) is 6.88. The van der Waals surface area contributed by atoms with Crippen molar-refractivity contribution in [3.05, 3.63) is 34.9 Å². The summed E-state index contributed by atoms with van der Waals surface area (Å²) in [5.74, 6) is 0. The van der Waals surface area contributed by atoms with E-state index in [2.05, 4.69) is 0 Å². The zero-order chi connectivity index (χ0) is 10.1. The van der Waals surface area contributed by atoms with Crippen LogP contribution in [0.2, 0.25) is 5.02 Å². The maximum atomic E-state index is 12.1. The number of benzene rings is 1. The fraction of sp³-hybridized carbons (Fsp3) is 0.250. The molecule has 0 radical (unpaired) electrons. The molecular formula is C8H8Cl2F3N. The van der Waals surface area contributed by atoms with Crippen LogP contribution >= 0.6 is 24.0 Å². The summed E-state index contributed by atoms with van der Waals surface area (Å²) < 4.78 is 36.2. The van der Waals surface area contributed by atoms with E-state index in [1.165, 1.54) is 24.3 Å². The number of halogens is 5. The molecule has 1 nitrogen and oxygen atoms in total. The maximum Gasteiger partial charge on any atom is 0.407 e. The molecule has 1 atom stereocenters. The Kier molecular flexibility index (Phi) is 4.71. The molecular weight excluding hydrogens is 238 g/mol. The van der Waals surface area contributed by atoms with E-state index in [0.717, 1.165) is 0 Å². The van der Waals surface area contributed by atoms with E-state index >= 15 is 0 Å². The highest BCUT2D eigenvalue weighted by Crippen LogP contribution is 2.30. The number of nitrogens with two attached hydrogens (primary N) is 1. The number of rotatable bonds is 1. The minimum atomic E-state index is -4.41. The molecule has 0 fully saturated rings. The number of hydrogen-bond acceptors (Lipinski definition) is 1. The molecule has 0 bridgehead atoms. The molecule has 80 valence electrons. The van der Waals surface area contributed by atoms with Crippen molar-refractivity contribution in [1.82, 2.24) is 0 Å². The second kappa shape index (κ2) is 4.87. The molecule has 0 heterocycles. The van der Waals surface area contributed by atoms with Crippen LogP contribution in [0.25, 0.3) is 0 Å². The van der Waals surface area contributed by atoms with Crippen LogP contribution in [0.5, 0.6) is 0 Å². The summed E-state index contributed by atoms with van der Waals surface area (Å²) in [4.78, 5) is 0. The molecule has 0 aliphatic carbocycles. The minimum Gasteiger partial charge on any atom is -0.316 e. The summed E-state index contributed by atoms with van der Waals surface area (Å²) in [6.45, 7) is 0. The molecule has 14 heavy (non-hydrogen) atoms. The lowest BCUT2D eigenvalue weighted by Gasteiger charge is -2.15. The summed E-state index contributed by atoms with van der Waals surface area (Å²) in [6.07, 6.45) is -4.41. The molecule has 0 aliphatic rings. The predicted molar refractivity (Wildman–Crippen MR) is 51.7 cm³/mol. The Bertz CT molecular complexity index is 284. The van der Waals surface area contributed by atoms with Crippen LogP contribution in [-0.4, -0.2) is 6.18 Å². The SMILES string of the molecule is Cl.NC(c1ccc(Cl)cc1)C(F)(F)F. The van der Waals surface area contributed by atoms with Crippen molar-refractivity contribution in [1.29, 1.82) is 0 Å². The van der Waals surface area contributed by atoms with E-state index < -0.39 is 12.2 Å². The van der Waals surface area contributed by atoms with Gasteiger partial charge in [0.2, 0.25) is 0 Å². The van der Waals surface area contributed by atoms with Gasteiger partial charge in [-0.05, 0) is 17.7 Å². The second-order valence-corrected chi connectivity index (χ2v) is 3.01. The lowest BCUT2D eigenvalue weighted by Crippen LogP contribution is -2.28. The van der Waals surface area contributed by atoms with Gasteiger partial charge in [-0.2, -0.15) is 13.2 Å². The summed E-state index contributed by atoms with van der Waals surface area (Å²) >= 11 is 5.51. The van der Waals surface area contributed by atoms with E-state index in [-0.39, 0.29) is 18.0 Å².